The maximum absolute atomic E-state index is 12.1. The predicted octanol–water partition coefficient (Wildman–Crippen LogP) is 3.72. The zero-order valence-electron chi connectivity index (χ0n) is 13.3. The fraction of sp³-hybridized carbons (Fsp3) is 0.235. The van der Waals surface area contributed by atoms with Gasteiger partial charge in [-0.25, -0.2) is 0 Å². The zero-order chi connectivity index (χ0) is 16.8. The van der Waals surface area contributed by atoms with Gasteiger partial charge in [-0.1, -0.05) is 17.7 Å². The van der Waals surface area contributed by atoms with Gasteiger partial charge in [0.2, 0.25) is 5.91 Å². The van der Waals surface area contributed by atoms with Crippen LogP contribution >= 0.6 is 11.6 Å². The number of hydrogen-bond acceptors (Lipinski definition) is 4. The van der Waals surface area contributed by atoms with Gasteiger partial charge in [-0.3, -0.25) is 4.79 Å². The highest BCUT2D eigenvalue weighted by Gasteiger charge is 2.08. The Morgan fingerprint density at radius 2 is 1.83 bits per heavy atom. The van der Waals surface area contributed by atoms with Crippen LogP contribution < -0.4 is 20.1 Å². The van der Waals surface area contributed by atoms with Crippen LogP contribution in [0.15, 0.2) is 36.4 Å². The van der Waals surface area contributed by atoms with E-state index in [1.165, 1.54) is 0 Å². The number of anilines is 2. The normalized spacial score (nSPS) is 10.1. The third kappa shape index (κ3) is 4.53. The smallest absolute Gasteiger partial charge is 0.243 e. The summed E-state index contributed by atoms with van der Waals surface area (Å²) >= 11 is 5.96. The first-order valence-corrected chi connectivity index (χ1v) is 7.43. The van der Waals surface area contributed by atoms with E-state index in [0.717, 1.165) is 11.3 Å². The summed E-state index contributed by atoms with van der Waals surface area (Å²) in [6.45, 7) is 2.08. The Bertz CT molecular complexity index is 704. The number of carbonyl (C=O) groups is 1. The van der Waals surface area contributed by atoms with E-state index in [4.69, 9.17) is 21.1 Å². The van der Waals surface area contributed by atoms with Gasteiger partial charge in [0.15, 0.2) is 11.5 Å². The Kier molecular flexibility index (Phi) is 5.71. The standard InChI is InChI=1S/C17H19ClN2O3/c1-11-4-5-12(18)8-14(11)19-10-17(21)20-13-6-7-15(22-2)16(9-13)23-3/h4-9,19H,10H2,1-3H3,(H,20,21). The second-order valence-corrected chi connectivity index (χ2v) is 5.37. The Hall–Kier alpha value is -2.40. The summed E-state index contributed by atoms with van der Waals surface area (Å²) in [7, 11) is 3.11. The van der Waals surface area contributed by atoms with Crippen molar-refractivity contribution in [2.75, 3.05) is 31.4 Å². The number of hydrogen-bond donors (Lipinski definition) is 2. The van der Waals surface area contributed by atoms with Crippen LogP contribution in [0.1, 0.15) is 5.56 Å². The van der Waals surface area contributed by atoms with Crippen LogP contribution in [0.2, 0.25) is 5.02 Å². The van der Waals surface area contributed by atoms with Gasteiger partial charge in [-0.05, 0) is 36.8 Å². The van der Waals surface area contributed by atoms with Gasteiger partial charge in [0, 0.05) is 22.5 Å². The molecule has 0 unspecified atom stereocenters. The molecule has 0 aliphatic heterocycles. The van der Waals surface area contributed by atoms with Crippen molar-refractivity contribution in [2.45, 2.75) is 6.92 Å². The number of aryl methyl sites for hydroxylation is 1. The summed E-state index contributed by atoms with van der Waals surface area (Å²) < 4.78 is 10.4. The molecule has 0 aliphatic carbocycles. The molecule has 0 aliphatic rings. The van der Waals surface area contributed by atoms with Gasteiger partial charge in [-0.15, -0.1) is 0 Å². The van der Waals surface area contributed by atoms with Crippen LogP contribution in [-0.2, 0) is 4.79 Å². The maximum Gasteiger partial charge on any atom is 0.243 e. The Balaban J connectivity index is 1.98. The lowest BCUT2D eigenvalue weighted by molar-refractivity contribution is -0.114. The third-order valence-corrected chi connectivity index (χ3v) is 3.54. The number of nitrogens with one attached hydrogen (secondary N) is 2. The maximum atomic E-state index is 12.1. The lowest BCUT2D eigenvalue weighted by Gasteiger charge is -2.12. The lowest BCUT2D eigenvalue weighted by atomic mass is 10.2. The van der Waals surface area contributed by atoms with E-state index >= 15 is 0 Å². The molecule has 0 saturated carbocycles. The minimum Gasteiger partial charge on any atom is -0.493 e. The summed E-state index contributed by atoms with van der Waals surface area (Å²) in [5.41, 5.74) is 2.49. The highest BCUT2D eigenvalue weighted by atomic mass is 35.5. The first-order chi connectivity index (χ1) is 11.0. The fourth-order valence-corrected chi connectivity index (χ4v) is 2.25. The number of ether oxygens (including phenoxy) is 2. The Labute approximate surface area is 140 Å². The van der Waals surface area contributed by atoms with E-state index in [9.17, 15) is 4.79 Å². The third-order valence-electron chi connectivity index (χ3n) is 3.31. The molecule has 0 atom stereocenters. The molecule has 5 nitrogen and oxygen atoms in total. The number of rotatable bonds is 6. The number of methoxy groups -OCH3 is 2. The molecular weight excluding hydrogens is 316 g/mol. The van der Waals surface area contributed by atoms with Crippen molar-refractivity contribution in [1.29, 1.82) is 0 Å². The Morgan fingerprint density at radius 3 is 2.52 bits per heavy atom. The number of halogens is 1. The first-order valence-electron chi connectivity index (χ1n) is 7.05. The minimum atomic E-state index is -0.170. The molecule has 2 rings (SSSR count). The molecule has 0 bridgehead atoms. The molecule has 0 aromatic heterocycles. The van der Waals surface area contributed by atoms with Crippen molar-refractivity contribution >= 4 is 28.9 Å². The second kappa shape index (κ2) is 7.74. The van der Waals surface area contributed by atoms with Gasteiger partial charge in [-0.2, -0.15) is 0 Å². The molecule has 1 amide bonds. The van der Waals surface area contributed by atoms with Gasteiger partial charge in [0.05, 0.1) is 20.8 Å². The average molecular weight is 335 g/mol. The van der Waals surface area contributed by atoms with Crippen molar-refractivity contribution in [1.82, 2.24) is 0 Å². The van der Waals surface area contributed by atoms with E-state index in [1.54, 1.807) is 38.5 Å². The molecule has 0 spiro atoms. The topological polar surface area (TPSA) is 59.6 Å². The Morgan fingerprint density at radius 1 is 1.09 bits per heavy atom. The highest BCUT2D eigenvalue weighted by molar-refractivity contribution is 6.30. The molecule has 0 fully saturated rings. The van der Waals surface area contributed by atoms with Gasteiger partial charge >= 0.3 is 0 Å². The van der Waals surface area contributed by atoms with E-state index in [1.807, 2.05) is 19.1 Å². The molecule has 6 heteroatoms. The summed E-state index contributed by atoms with van der Waals surface area (Å²) in [6.07, 6.45) is 0. The molecular formula is C17H19ClN2O3. The highest BCUT2D eigenvalue weighted by Crippen LogP contribution is 2.29. The molecule has 0 saturated heterocycles. The molecule has 2 aromatic carbocycles. The average Bonchev–Trinajstić information content (AvgIpc) is 2.55. The van der Waals surface area contributed by atoms with Crippen molar-refractivity contribution < 1.29 is 14.3 Å². The van der Waals surface area contributed by atoms with E-state index in [-0.39, 0.29) is 12.5 Å². The molecule has 23 heavy (non-hydrogen) atoms. The SMILES string of the molecule is COc1ccc(NC(=O)CNc2cc(Cl)ccc2C)cc1OC. The van der Waals surface area contributed by atoms with Crippen molar-refractivity contribution in [3.63, 3.8) is 0 Å². The first kappa shape index (κ1) is 17.0. The van der Waals surface area contributed by atoms with Crippen LogP contribution in [-0.4, -0.2) is 26.7 Å². The quantitative estimate of drug-likeness (QED) is 0.845. The number of carbonyl (C=O) groups excluding carboxylic acids is 1. The van der Waals surface area contributed by atoms with E-state index in [0.29, 0.717) is 22.2 Å². The zero-order valence-corrected chi connectivity index (χ0v) is 14.0. The molecule has 2 N–H and O–H groups in total. The van der Waals surface area contributed by atoms with Crippen molar-refractivity contribution in [2.24, 2.45) is 0 Å². The lowest BCUT2D eigenvalue weighted by Crippen LogP contribution is -2.22. The van der Waals surface area contributed by atoms with Gasteiger partial charge in [0.1, 0.15) is 0 Å². The summed E-state index contributed by atoms with van der Waals surface area (Å²) in [5.74, 6) is 0.999. The van der Waals surface area contributed by atoms with Crippen molar-refractivity contribution in [3.8, 4) is 11.5 Å². The number of amides is 1. The monoisotopic (exact) mass is 334 g/mol. The van der Waals surface area contributed by atoms with Crippen molar-refractivity contribution in [3.05, 3.63) is 47.0 Å². The molecule has 2 aromatic rings. The van der Waals surface area contributed by atoms with E-state index < -0.39 is 0 Å². The molecule has 122 valence electrons. The number of benzene rings is 2. The second-order valence-electron chi connectivity index (χ2n) is 4.93. The minimum absolute atomic E-state index is 0.134. The summed E-state index contributed by atoms with van der Waals surface area (Å²) in [4.78, 5) is 12.1. The van der Waals surface area contributed by atoms with Crippen LogP contribution in [0, 0.1) is 6.92 Å². The van der Waals surface area contributed by atoms with Crippen LogP contribution in [0.3, 0.4) is 0 Å². The van der Waals surface area contributed by atoms with E-state index in [2.05, 4.69) is 10.6 Å². The van der Waals surface area contributed by atoms with Crippen LogP contribution in [0.5, 0.6) is 11.5 Å². The molecule has 0 radical (unpaired) electrons. The fourth-order valence-electron chi connectivity index (χ4n) is 2.08. The van der Waals surface area contributed by atoms with Crippen LogP contribution in [0.25, 0.3) is 0 Å². The summed E-state index contributed by atoms with van der Waals surface area (Å²) in [6, 6.07) is 10.7. The van der Waals surface area contributed by atoms with Gasteiger partial charge < -0.3 is 20.1 Å². The predicted molar refractivity (Wildman–Crippen MR) is 92.9 cm³/mol. The molecule has 0 heterocycles. The summed E-state index contributed by atoms with van der Waals surface area (Å²) in [5, 5.41) is 6.50. The van der Waals surface area contributed by atoms with Gasteiger partial charge in [0.25, 0.3) is 0 Å². The van der Waals surface area contributed by atoms with Crippen LogP contribution in [0.4, 0.5) is 11.4 Å². The largest absolute Gasteiger partial charge is 0.493 e.